The summed E-state index contributed by atoms with van der Waals surface area (Å²) in [5.41, 5.74) is 0. The summed E-state index contributed by atoms with van der Waals surface area (Å²) in [7, 11) is 3.59. The third-order valence-electron chi connectivity index (χ3n) is 3.19. The van der Waals surface area contributed by atoms with E-state index < -0.39 is 0 Å². The van der Waals surface area contributed by atoms with Crippen molar-refractivity contribution in [2.45, 2.75) is 36.5 Å². The summed E-state index contributed by atoms with van der Waals surface area (Å²) in [6.45, 7) is 4.15. The Bertz CT molecular complexity index is 556. The summed E-state index contributed by atoms with van der Waals surface area (Å²) in [5.74, 6) is 2.26. The van der Waals surface area contributed by atoms with Gasteiger partial charge in [0.2, 0.25) is 5.89 Å². The predicted molar refractivity (Wildman–Crippen MR) is 83.8 cm³/mol. The zero-order valence-corrected chi connectivity index (χ0v) is 13.6. The Labute approximate surface area is 129 Å². The van der Waals surface area contributed by atoms with Crippen molar-refractivity contribution >= 4 is 11.8 Å². The molecule has 2 unspecified atom stereocenters. The highest BCUT2D eigenvalue weighted by Gasteiger charge is 2.16. The van der Waals surface area contributed by atoms with E-state index in [0.717, 1.165) is 22.9 Å². The molecule has 0 aliphatic carbocycles. The molecule has 1 aromatic carbocycles. The smallest absolute Gasteiger partial charge is 0.239 e. The molecule has 0 spiro atoms. The van der Waals surface area contributed by atoms with Crippen molar-refractivity contribution in [2.24, 2.45) is 0 Å². The number of thioether (sulfide) groups is 1. The second-order valence-electron chi connectivity index (χ2n) is 4.88. The average Bonchev–Trinajstić information content (AvgIpc) is 2.96. The van der Waals surface area contributed by atoms with Crippen molar-refractivity contribution < 1.29 is 9.26 Å². The largest absolute Gasteiger partial charge is 0.497 e. The van der Waals surface area contributed by atoms with Crippen molar-refractivity contribution in [2.75, 3.05) is 14.2 Å². The minimum Gasteiger partial charge on any atom is -0.497 e. The SMILES string of the molecule is CNC(C)Cc1noc(C(C)Sc2ccc(OC)cc2)n1. The zero-order valence-electron chi connectivity index (χ0n) is 12.8. The maximum Gasteiger partial charge on any atom is 0.239 e. The number of hydrogen-bond donors (Lipinski definition) is 1. The lowest BCUT2D eigenvalue weighted by atomic mass is 10.2. The van der Waals surface area contributed by atoms with Crippen LogP contribution in [0.5, 0.6) is 5.75 Å². The molecule has 2 rings (SSSR count). The highest BCUT2D eigenvalue weighted by Crippen LogP contribution is 2.34. The van der Waals surface area contributed by atoms with Crippen molar-refractivity contribution in [1.29, 1.82) is 0 Å². The molecule has 0 radical (unpaired) electrons. The summed E-state index contributed by atoms with van der Waals surface area (Å²) in [6, 6.07) is 8.28. The lowest BCUT2D eigenvalue weighted by Crippen LogP contribution is -2.24. The van der Waals surface area contributed by atoms with E-state index in [-0.39, 0.29) is 5.25 Å². The topological polar surface area (TPSA) is 60.2 Å². The fourth-order valence-corrected chi connectivity index (χ4v) is 2.70. The fourth-order valence-electron chi connectivity index (χ4n) is 1.80. The molecule has 1 heterocycles. The Morgan fingerprint density at radius 1 is 1.29 bits per heavy atom. The highest BCUT2D eigenvalue weighted by atomic mass is 32.2. The van der Waals surface area contributed by atoms with Gasteiger partial charge in [-0.15, -0.1) is 11.8 Å². The molecule has 0 aliphatic heterocycles. The van der Waals surface area contributed by atoms with Crippen LogP contribution in [0.1, 0.15) is 30.8 Å². The molecule has 21 heavy (non-hydrogen) atoms. The quantitative estimate of drug-likeness (QED) is 0.793. The molecule has 0 bridgehead atoms. The molecule has 0 aliphatic rings. The number of hydrogen-bond acceptors (Lipinski definition) is 6. The second-order valence-corrected chi connectivity index (χ2v) is 6.29. The van der Waals surface area contributed by atoms with Crippen LogP contribution in [-0.2, 0) is 6.42 Å². The van der Waals surface area contributed by atoms with Crippen LogP contribution >= 0.6 is 11.8 Å². The molecule has 0 amide bonds. The van der Waals surface area contributed by atoms with E-state index in [1.807, 2.05) is 31.3 Å². The Kier molecular flexibility index (Phi) is 5.64. The van der Waals surface area contributed by atoms with Gasteiger partial charge in [-0.05, 0) is 45.2 Å². The molecule has 5 nitrogen and oxygen atoms in total. The number of nitrogens with one attached hydrogen (secondary N) is 1. The standard InChI is InChI=1S/C15H21N3O2S/c1-10(16-3)9-14-17-15(20-18-14)11(2)21-13-7-5-12(19-4)6-8-13/h5-8,10-11,16H,9H2,1-4H3. The molecular formula is C15H21N3O2S. The van der Waals surface area contributed by atoms with Crippen molar-refractivity contribution in [3.8, 4) is 5.75 Å². The number of rotatable bonds is 7. The molecule has 1 N–H and O–H groups in total. The van der Waals surface area contributed by atoms with E-state index in [1.54, 1.807) is 18.9 Å². The Morgan fingerprint density at radius 3 is 2.62 bits per heavy atom. The number of aromatic nitrogens is 2. The Hall–Kier alpha value is -1.53. The molecule has 0 fully saturated rings. The molecule has 0 saturated carbocycles. The highest BCUT2D eigenvalue weighted by molar-refractivity contribution is 7.99. The lowest BCUT2D eigenvalue weighted by molar-refractivity contribution is 0.373. The number of nitrogens with zero attached hydrogens (tertiary/aromatic N) is 2. The van der Waals surface area contributed by atoms with Crippen molar-refractivity contribution in [3.63, 3.8) is 0 Å². The van der Waals surface area contributed by atoms with Gasteiger partial charge in [-0.25, -0.2) is 0 Å². The van der Waals surface area contributed by atoms with Gasteiger partial charge < -0.3 is 14.6 Å². The average molecular weight is 307 g/mol. The van der Waals surface area contributed by atoms with Crippen LogP contribution in [0.25, 0.3) is 0 Å². The van der Waals surface area contributed by atoms with E-state index in [1.165, 1.54) is 0 Å². The molecule has 114 valence electrons. The minimum absolute atomic E-state index is 0.115. The van der Waals surface area contributed by atoms with Crippen LogP contribution in [0.3, 0.4) is 0 Å². The van der Waals surface area contributed by atoms with Gasteiger partial charge in [0.25, 0.3) is 0 Å². The van der Waals surface area contributed by atoms with Crippen LogP contribution in [0.2, 0.25) is 0 Å². The van der Waals surface area contributed by atoms with Gasteiger partial charge in [0.1, 0.15) is 5.75 Å². The second kappa shape index (κ2) is 7.47. The van der Waals surface area contributed by atoms with Gasteiger partial charge in [-0.1, -0.05) is 5.16 Å². The van der Waals surface area contributed by atoms with Gasteiger partial charge in [-0.2, -0.15) is 4.98 Å². The summed E-state index contributed by atoms with van der Waals surface area (Å²) < 4.78 is 10.5. The molecular weight excluding hydrogens is 286 g/mol. The Morgan fingerprint density at radius 2 is 2.00 bits per heavy atom. The van der Waals surface area contributed by atoms with Gasteiger partial charge in [0.15, 0.2) is 5.82 Å². The van der Waals surface area contributed by atoms with Crippen LogP contribution < -0.4 is 10.1 Å². The molecule has 6 heteroatoms. The van der Waals surface area contributed by atoms with Crippen LogP contribution in [0, 0.1) is 0 Å². The first-order valence-corrected chi connectivity index (χ1v) is 7.80. The zero-order chi connectivity index (χ0) is 15.2. The number of ether oxygens (including phenoxy) is 1. The third kappa shape index (κ3) is 4.47. The summed E-state index contributed by atoms with van der Waals surface area (Å²) >= 11 is 1.69. The molecule has 2 atom stereocenters. The van der Waals surface area contributed by atoms with Crippen LogP contribution in [0.4, 0.5) is 0 Å². The van der Waals surface area contributed by atoms with Crippen LogP contribution in [0.15, 0.2) is 33.7 Å². The lowest BCUT2D eigenvalue weighted by Gasteiger charge is -2.07. The van der Waals surface area contributed by atoms with Gasteiger partial charge >= 0.3 is 0 Å². The van der Waals surface area contributed by atoms with Crippen LogP contribution in [-0.4, -0.2) is 30.3 Å². The van der Waals surface area contributed by atoms with E-state index in [0.29, 0.717) is 11.9 Å². The van der Waals surface area contributed by atoms with Gasteiger partial charge in [0.05, 0.1) is 12.4 Å². The maximum absolute atomic E-state index is 5.35. The first kappa shape index (κ1) is 15.9. The van der Waals surface area contributed by atoms with Gasteiger partial charge in [-0.3, -0.25) is 0 Å². The van der Waals surface area contributed by atoms with Gasteiger partial charge in [0, 0.05) is 17.4 Å². The normalized spacial score (nSPS) is 13.9. The summed E-state index contributed by atoms with van der Waals surface area (Å²) in [6.07, 6.45) is 0.764. The van der Waals surface area contributed by atoms with E-state index in [2.05, 4.69) is 29.3 Å². The van der Waals surface area contributed by atoms with E-state index in [4.69, 9.17) is 9.26 Å². The van der Waals surface area contributed by atoms with E-state index in [9.17, 15) is 0 Å². The number of likely N-dealkylation sites (N-methyl/N-ethyl adjacent to an activating group) is 1. The third-order valence-corrected chi connectivity index (χ3v) is 4.28. The minimum atomic E-state index is 0.115. The van der Waals surface area contributed by atoms with Crippen molar-refractivity contribution in [3.05, 3.63) is 36.0 Å². The van der Waals surface area contributed by atoms with E-state index >= 15 is 0 Å². The molecule has 2 aromatic rings. The molecule has 0 saturated heterocycles. The monoisotopic (exact) mass is 307 g/mol. The first-order valence-electron chi connectivity index (χ1n) is 6.92. The number of methoxy groups -OCH3 is 1. The predicted octanol–water partition coefficient (Wildman–Crippen LogP) is 3.08. The fraction of sp³-hybridized carbons (Fsp3) is 0.467. The Balaban J connectivity index is 1.97. The molecule has 1 aromatic heterocycles. The maximum atomic E-state index is 5.35. The summed E-state index contributed by atoms with van der Waals surface area (Å²) in [4.78, 5) is 5.61. The number of benzene rings is 1. The van der Waals surface area contributed by atoms with Crippen molar-refractivity contribution in [1.82, 2.24) is 15.5 Å². The first-order chi connectivity index (χ1) is 10.1. The summed E-state index contributed by atoms with van der Waals surface area (Å²) in [5, 5.41) is 7.31.